The lowest BCUT2D eigenvalue weighted by Crippen LogP contribution is -2.16. The Labute approximate surface area is 138 Å². The fourth-order valence-corrected chi connectivity index (χ4v) is 2.55. The van der Waals surface area contributed by atoms with Gasteiger partial charge in [0.2, 0.25) is 0 Å². The van der Waals surface area contributed by atoms with Crippen molar-refractivity contribution in [1.82, 2.24) is 0 Å². The largest absolute Gasteiger partial charge is 0.338 e. The van der Waals surface area contributed by atoms with E-state index in [9.17, 15) is 0 Å². The second kappa shape index (κ2) is 7.46. The first kappa shape index (κ1) is 15.1. The molecular formula is C22H21N. The van der Waals surface area contributed by atoms with Crippen LogP contribution in [0.3, 0.4) is 0 Å². The van der Waals surface area contributed by atoms with Gasteiger partial charge >= 0.3 is 0 Å². The summed E-state index contributed by atoms with van der Waals surface area (Å²) in [5.41, 5.74) is 4.92. The second-order valence-corrected chi connectivity index (χ2v) is 5.59. The number of hydrogen-bond acceptors (Lipinski definition) is 1. The molecule has 3 aromatic rings. The Morgan fingerprint density at radius 2 is 1.22 bits per heavy atom. The van der Waals surface area contributed by atoms with Crippen molar-refractivity contribution in [3.8, 4) is 0 Å². The van der Waals surface area contributed by atoms with Gasteiger partial charge in [-0.1, -0.05) is 78.4 Å². The van der Waals surface area contributed by atoms with Crippen LogP contribution in [0.4, 0.5) is 11.4 Å². The van der Waals surface area contributed by atoms with Gasteiger partial charge in [0, 0.05) is 17.9 Å². The average molecular weight is 299 g/mol. The standard InChI is InChI=1S/C22H21N/c1-19-14-16-20(17-15-19)9-8-18-23(21-10-4-2-5-11-21)22-12-6-3-7-13-22/h2-17H,18H2,1H3/b9-8+. The predicted octanol–water partition coefficient (Wildman–Crippen LogP) is 5.85. The molecule has 0 atom stereocenters. The normalized spacial score (nSPS) is 10.8. The van der Waals surface area contributed by atoms with Crippen LogP contribution in [-0.2, 0) is 0 Å². The Morgan fingerprint density at radius 1 is 0.696 bits per heavy atom. The highest BCUT2D eigenvalue weighted by atomic mass is 15.1. The van der Waals surface area contributed by atoms with Crippen LogP contribution in [0.25, 0.3) is 6.08 Å². The number of hydrogen-bond donors (Lipinski definition) is 0. The molecule has 114 valence electrons. The van der Waals surface area contributed by atoms with Gasteiger partial charge in [-0.05, 0) is 36.8 Å². The molecule has 1 heteroatoms. The van der Waals surface area contributed by atoms with Crippen LogP contribution in [0, 0.1) is 6.92 Å². The number of para-hydroxylation sites is 2. The number of nitrogens with zero attached hydrogens (tertiary/aromatic N) is 1. The average Bonchev–Trinajstić information content (AvgIpc) is 2.62. The summed E-state index contributed by atoms with van der Waals surface area (Å²) in [6.07, 6.45) is 4.39. The lowest BCUT2D eigenvalue weighted by molar-refractivity contribution is 1.10. The van der Waals surface area contributed by atoms with E-state index < -0.39 is 0 Å². The van der Waals surface area contributed by atoms with Gasteiger partial charge in [-0.25, -0.2) is 0 Å². The van der Waals surface area contributed by atoms with Gasteiger partial charge in [0.15, 0.2) is 0 Å². The predicted molar refractivity (Wildman–Crippen MR) is 100 cm³/mol. The summed E-state index contributed by atoms with van der Waals surface area (Å²) in [4.78, 5) is 2.31. The number of aryl methyl sites for hydroxylation is 1. The minimum atomic E-state index is 0.835. The summed E-state index contributed by atoms with van der Waals surface area (Å²) >= 11 is 0. The Bertz CT molecular complexity index is 703. The van der Waals surface area contributed by atoms with Gasteiger partial charge in [0.25, 0.3) is 0 Å². The van der Waals surface area contributed by atoms with Crippen LogP contribution < -0.4 is 4.90 Å². The molecule has 0 bridgehead atoms. The van der Waals surface area contributed by atoms with Crippen LogP contribution in [0.15, 0.2) is 91.0 Å². The molecule has 3 rings (SSSR count). The van der Waals surface area contributed by atoms with Gasteiger partial charge in [-0.15, -0.1) is 0 Å². The quantitative estimate of drug-likeness (QED) is 0.571. The number of anilines is 2. The molecule has 0 aliphatic heterocycles. The molecule has 0 saturated heterocycles. The Kier molecular flexibility index (Phi) is 4.90. The highest BCUT2D eigenvalue weighted by Crippen LogP contribution is 2.24. The molecular weight excluding hydrogens is 278 g/mol. The van der Waals surface area contributed by atoms with Crippen LogP contribution >= 0.6 is 0 Å². The van der Waals surface area contributed by atoms with Crippen molar-refractivity contribution in [3.63, 3.8) is 0 Å². The van der Waals surface area contributed by atoms with E-state index in [2.05, 4.69) is 109 Å². The van der Waals surface area contributed by atoms with Crippen molar-refractivity contribution in [1.29, 1.82) is 0 Å². The van der Waals surface area contributed by atoms with Crippen molar-refractivity contribution in [2.45, 2.75) is 6.92 Å². The minimum Gasteiger partial charge on any atom is -0.338 e. The lowest BCUT2D eigenvalue weighted by Gasteiger charge is -2.23. The van der Waals surface area contributed by atoms with Gasteiger partial charge < -0.3 is 4.90 Å². The van der Waals surface area contributed by atoms with Crippen LogP contribution in [0.1, 0.15) is 11.1 Å². The van der Waals surface area contributed by atoms with Crippen molar-refractivity contribution < 1.29 is 0 Å². The van der Waals surface area contributed by atoms with Crippen molar-refractivity contribution in [3.05, 3.63) is 102 Å². The maximum atomic E-state index is 2.31. The summed E-state index contributed by atoms with van der Waals surface area (Å²) in [6, 6.07) is 29.6. The molecule has 0 fully saturated rings. The first-order valence-electron chi connectivity index (χ1n) is 7.94. The zero-order chi connectivity index (χ0) is 15.9. The molecule has 0 N–H and O–H groups in total. The molecule has 1 nitrogen and oxygen atoms in total. The third-order valence-corrected chi connectivity index (χ3v) is 3.81. The SMILES string of the molecule is Cc1ccc(/C=C/CN(c2ccccc2)c2ccccc2)cc1. The molecule has 0 heterocycles. The maximum absolute atomic E-state index is 2.31. The van der Waals surface area contributed by atoms with E-state index >= 15 is 0 Å². The highest BCUT2D eigenvalue weighted by Gasteiger charge is 2.06. The Morgan fingerprint density at radius 3 is 1.74 bits per heavy atom. The summed E-state index contributed by atoms with van der Waals surface area (Å²) in [7, 11) is 0. The molecule has 23 heavy (non-hydrogen) atoms. The molecule has 0 amide bonds. The first-order valence-corrected chi connectivity index (χ1v) is 7.94. The van der Waals surface area contributed by atoms with E-state index in [4.69, 9.17) is 0 Å². The second-order valence-electron chi connectivity index (χ2n) is 5.59. The van der Waals surface area contributed by atoms with Gasteiger partial charge in [-0.2, -0.15) is 0 Å². The highest BCUT2D eigenvalue weighted by molar-refractivity contribution is 5.64. The molecule has 0 unspecified atom stereocenters. The van der Waals surface area contributed by atoms with E-state index in [-0.39, 0.29) is 0 Å². The van der Waals surface area contributed by atoms with Gasteiger partial charge in [-0.3, -0.25) is 0 Å². The van der Waals surface area contributed by atoms with Gasteiger partial charge in [0.05, 0.1) is 0 Å². The topological polar surface area (TPSA) is 3.24 Å². The first-order chi connectivity index (χ1) is 11.3. The van der Waals surface area contributed by atoms with E-state index in [1.165, 1.54) is 22.5 Å². The van der Waals surface area contributed by atoms with Crippen LogP contribution in [0.5, 0.6) is 0 Å². The molecule has 0 spiro atoms. The molecule has 0 radical (unpaired) electrons. The zero-order valence-electron chi connectivity index (χ0n) is 13.4. The summed E-state index contributed by atoms with van der Waals surface area (Å²) < 4.78 is 0. The van der Waals surface area contributed by atoms with Crippen LogP contribution in [0.2, 0.25) is 0 Å². The van der Waals surface area contributed by atoms with E-state index in [0.29, 0.717) is 0 Å². The summed E-state index contributed by atoms with van der Waals surface area (Å²) in [5, 5.41) is 0. The maximum Gasteiger partial charge on any atom is 0.0415 e. The summed E-state index contributed by atoms with van der Waals surface area (Å²) in [6.45, 7) is 2.95. The number of rotatable bonds is 5. The molecule has 0 saturated carbocycles. The molecule has 0 aromatic heterocycles. The van der Waals surface area contributed by atoms with Crippen molar-refractivity contribution >= 4 is 17.5 Å². The zero-order valence-corrected chi connectivity index (χ0v) is 13.4. The minimum absolute atomic E-state index is 0.835. The third-order valence-electron chi connectivity index (χ3n) is 3.81. The fourth-order valence-electron chi connectivity index (χ4n) is 2.55. The summed E-state index contributed by atoms with van der Waals surface area (Å²) in [5.74, 6) is 0. The third kappa shape index (κ3) is 4.10. The lowest BCUT2D eigenvalue weighted by atomic mass is 10.1. The van der Waals surface area contributed by atoms with Gasteiger partial charge in [0.1, 0.15) is 0 Å². The van der Waals surface area contributed by atoms with Crippen LogP contribution in [-0.4, -0.2) is 6.54 Å². The Hall–Kier alpha value is -2.80. The monoisotopic (exact) mass is 299 g/mol. The van der Waals surface area contributed by atoms with E-state index in [1.807, 2.05) is 0 Å². The molecule has 0 aliphatic carbocycles. The molecule has 0 aliphatic rings. The fraction of sp³-hybridized carbons (Fsp3) is 0.0909. The van der Waals surface area contributed by atoms with Crippen molar-refractivity contribution in [2.24, 2.45) is 0 Å². The smallest absolute Gasteiger partial charge is 0.0415 e. The number of benzene rings is 3. The molecule has 3 aromatic carbocycles. The van der Waals surface area contributed by atoms with E-state index in [0.717, 1.165) is 6.54 Å². The van der Waals surface area contributed by atoms with E-state index in [1.54, 1.807) is 0 Å². The van der Waals surface area contributed by atoms with Crippen molar-refractivity contribution in [2.75, 3.05) is 11.4 Å². The Balaban J connectivity index is 1.81.